The zero-order valence-electron chi connectivity index (χ0n) is 7.51. The molecule has 1 fully saturated rings. The Hall–Kier alpha value is -0.0800. The number of nitrogens with two attached hydrogens (primary N) is 1. The van der Waals surface area contributed by atoms with Gasteiger partial charge in [-0.05, 0) is 31.1 Å². The monoisotopic (exact) mass is 157 g/mol. The summed E-state index contributed by atoms with van der Waals surface area (Å²) in [6.07, 6.45) is 2.98. The summed E-state index contributed by atoms with van der Waals surface area (Å²) in [6.45, 7) is 4.72. The van der Waals surface area contributed by atoms with Crippen LogP contribution in [-0.2, 0) is 0 Å². The van der Waals surface area contributed by atoms with Crippen molar-refractivity contribution < 1.29 is 5.11 Å². The lowest BCUT2D eigenvalue weighted by molar-refractivity contribution is 0.0791. The molecule has 1 rings (SSSR count). The smallest absolute Gasteiger partial charge is 0.0448 e. The van der Waals surface area contributed by atoms with Crippen LogP contribution < -0.4 is 5.73 Å². The summed E-state index contributed by atoms with van der Waals surface area (Å²) < 4.78 is 0. The number of aliphatic hydroxyl groups excluding tert-OH is 1. The molecule has 0 aromatic heterocycles. The number of aliphatic hydroxyl groups is 1. The minimum atomic E-state index is -0.0241. The van der Waals surface area contributed by atoms with Crippen LogP contribution >= 0.6 is 0 Å². The highest BCUT2D eigenvalue weighted by atomic mass is 16.3. The van der Waals surface area contributed by atoms with Gasteiger partial charge in [0.25, 0.3) is 0 Å². The van der Waals surface area contributed by atoms with Crippen molar-refractivity contribution in [3.05, 3.63) is 0 Å². The fourth-order valence-electron chi connectivity index (χ4n) is 1.88. The van der Waals surface area contributed by atoms with Gasteiger partial charge in [0.2, 0.25) is 0 Å². The standard InChI is InChI=1S/C9H19NO/c1-7(2)8-5-9(10,6-8)3-4-11/h7-8,11H,3-6,10H2,1-2H3. The van der Waals surface area contributed by atoms with Gasteiger partial charge in [0.05, 0.1) is 0 Å². The summed E-state index contributed by atoms with van der Waals surface area (Å²) >= 11 is 0. The molecule has 11 heavy (non-hydrogen) atoms. The summed E-state index contributed by atoms with van der Waals surface area (Å²) in [4.78, 5) is 0. The first-order chi connectivity index (χ1) is 5.07. The Labute approximate surface area is 68.8 Å². The average Bonchev–Trinajstić information content (AvgIpc) is 1.82. The maximum Gasteiger partial charge on any atom is 0.0448 e. The molecule has 3 N–H and O–H groups in total. The Morgan fingerprint density at radius 2 is 2.09 bits per heavy atom. The zero-order chi connectivity index (χ0) is 8.48. The van der Waals surface area contributed by atoms with Crippen molar-refractivity contribution in [1.82, 2.24) is 0 Å². The number of hydrogen-bond donors (Lipinski definition) is 2. The van der Waals surface area contributed by atoms with Crippen LogP contribution in [0.25, 0.3) is 0 Å². The predicted octanol–water partition coefficient (Wildman–Crippen LogP) is 1.13. The fraction of sp³-hybridized carbons (Fsp3) is 1.00. The maximum absolute atomic E-state index is 8.71. The molecule has 0 heterocycles. The molecule has 0 spiro atoms. The first-order valence-corrected chi connectivity index (χ1v) is 4.47. The highest BCUT2D eigenvalue weighted by Gasteiger charge is 2.41. The third kappa shape index (κ3) is 1.94. The minimum Gasteiger partial charge on any atom is -0.396 e. The van der Waals surface area contributed by atoms with Gasteiger partial charge in [-0.25, -0.2) is 0 Å². The Kier molecular flexibility index (Phi) is 2.55. The quantitative estimate of drug-likeness (QED) is 0.645. The molecule has 0 radical (unpaired) electrons. The van der Waals surface area contributed by atoms with Crippen LogP contribution in [0.1, 0.15) is 33.1 Å². The summed E-state index contributed by atoms with van der Waals surface area (Å²) in [5.41, 5.74) is 5.96. The van der Waals surface area contributed by atoms with E-state index in [1.807, 2.05) is 0 Å². The highest BCUT2D eigenvalue weighted by Crippen LogP contribution is 2.42. The summed E-state index contributed by atoms with van der Waals surface area (Å²) in [5, 5.41) is 8.71. The molecule has 1 aliphatic carbocycles. The van der Waals surface area contributed by atoms with Gasteiger partial charge in [-0.3, -0.25) is 0 Å². The summed E-state index contributed by atoms with van der Waals surface area (Å²) in [5.74, 6) is 1.55. The minimum absolute atomic E-state index is 0.0241. The molecular formula is C9H19NO. The van der Waals surface area contributed by atoms with Crippen molar-refractivity contribution in [2.45, 2.75) is 38.6 Å². The van der Waals surface area contributed by atoms with Gasteiger partial charge >= 0.3 is 0 Å². The molecule has 0 saturated heterocycles. The van der Waals surface area contributed by atoms with Gasteiger partial charge in [0.15, 0.2) is 0 Å². The van der Waals surface area contributed by atoms with Crippen molar-refractivity contribution in [3.8, 4) is 0 Å². The third-order valence-electron chi connectivity index (χ3n) is 2.89. The Bertz CT molecular complexity index is 128. The summed E-state index contributed by atoms with van der Waals surface area (Å²) in [6, 6.07) is 0. The molecule has 0 atom stereocenters. The van der Waals surface area contributed by atoms with Crippen LogP contribution in [-0.4, -0.2) is 17.3 Å². The maximum atomic E-state index is 8.71. The highest BCUT2D eigenvalue weighted by molar-refractivity contribution is 4.98. The van der Waals surface area contributed by atoms with Gasteiger partial charge in [-0.15, -0.1) is 0 Å². The number of rotatable bonds is 3. The fourth-order valence-corrected chi connectivity index (χ4v) is 1.88. The van der Waals surface area contributed by atoms with Crippen LogP contribution in [0.5, 0.6) is 0 Å². The van der Waals surface area contributed by atoms with E-state index < -0.39 is 0 Å². The molecular weight excluding hydrogens is 138 g/mol. The third-order valence-corrected chi connectivity index (χ3v) is 2.89. The van der Waals surface area contributed by atoms with Crippen LogP contribution in [0.3, 0.4) is 0 Å². The Morgan fingerprint density at radius 1 is 1.55 bits per heavy atom. The summed E-state index contributed by atoms with van der Waals surface area (Å²) in [7, 11) is 0. The van der Waals surface area contributed by atoms with Gasteiger partial charge < -0.3 is 10.8 Å². The first kappa shape index (κ1) is 9.01. The van der Waals surface area contributed by atoms with Crippen molar-refractivity contribution >= 4 is 0 Å². The molecule has 66 valence electrons. The lowest BCUT2D eigenvalue weighted by atomic mass is 9.63. The predicted molar refractivity (Wildman–Crippen MR) is 46.2 cm³/mol. The van der Waals surface area contributed by atoms with Crippen molar-refractivity contribution in [3.63, 3.8) is 0 Å². The first-order valence-electron chi connectivity index (χ1n) is 4.47. The van der Waals surface area contributed by atoms with Crippen LogP contribution in [0, 0.1) is 11.8 Å². The van der Waals surface area contributed by atoms with E-state index in [2.05, 4.69) is 13.8 Å². The molecule has 2 nitrogen and oxygen atoms in total. The van der Waals surface area contributed by atoms with E-state index in [0.717, 1.165) is 31.1 Å². The zero-order valence-corrected chi connectivity index (χ0v) is 7.51. The second-order valence-electron chi connectivity index (χ2n) is 4.25. The number of hydrogen-bond acceptors (Lipinski definition) is 2. The average molecular weight is 157 g/mol. The lowest BCUT2D eigenvalue weighted by Crippen LogP contribution is -2.53. The SMILES string of the molecule is CC(C)C1CC(N)(CCO)C1. The van der Waals surface area contributed by atoms with Gasteiger partial charge in [-0.2, -0.15) is 0 Å². The largest absolute Gasteiger partial charge is 0.396 e. The van der Waals surface area contributed by atoms with Crippen molar-refractivity contribution in [1.29, 1.82) is 0 Å². The molecule has 0 aromatic rings. The molecule has 0 aromatic carbocycles. The van der Waals surface area contributed by atoms with Gasteiger partial charge in [0.1, 0.15) is 0 Å². The van der Waals surface area contributed by atoms with E-state index in [1.54, 1.807) is 0 Å². The van der Waals surface area contributed by atoms with E-state index in [-0.39, 0.29) is 12.1 Å². The van der Waals surface area contributed by atoms with E-state index >= 15 is 0 Å². The molecule has 1 saturated carbocycles. The van der Waals surface area contributed by atoms with Crippen molar-refractivity contribution in [2.24, 2.45) is 17.6 Å². The van der Waals surface area contributed by atoms with E-state index in [4.69, 9.17) is 10.8 Å². The van der Waals surface area contributed by atoms with E-state index in [1.165, 1.54) is 0 Å². The second-order valence-corrected chi connectivity index (χ2v) is 4.25. The Balaban J connectivity index is 2.26. The topological polar surface area (TPSA) is 46.2 Å². The van der Waals surface area contributed by atoms with Crippen LogP contribution in [0.2, 0.25) is 0 Å². The molecule has 0 amide bonds. The van der Waals surface area contributed by atoms with E-state index in [9.17, 15) is 0 Å². The van der Waals surface area contributed by atoms with Crippen molar-refractivity contribution in [2.75, 3.05) is 6.61 Å². The van der Waals surface area contributed by atoms with E-state index in [0.29, 0.717) is 0 Å². The normalized spacial score (nSPS) is 37.4. The van der Waals surface area contributed by atoms with Gasteiger partial charge in [0, 0.05) is 12.1 Å². The molecule has 0 bridgehead atoms. The second kappa shape index (κ2) is 3.11. The lowest BCUT2D eigenvalue weighted by Gasteiger charge is -2.47. The molecule has 2 heteroatoms. The molecule has 1 aliphatic rings. The molecule has 0 aliphatic heterocycles. The Morgan fingerprint density at radius 3 is 2.45 bits per heavy atom. The van der Waals surface area contributed by atoms with Gasteiger partial charge in [-0.1, -0.05) is 13.8 Å². The van der Waals surface area contributed by atoms with Crippen LogP contribution in [0.15, 0.2) is 0 Å². The van der Waals surface area contributed by atoms with Crippen LogP contribution in [0.4, 0.5) is 0 Å². The molecule has 0 unspecified atom stereocenters.